The van der Waals surface area contributed by atoms with Crippen molar-refractivity contribution in [2.24, 2.45) is 0 Å². The summed E-state index contributed by atoms with van der Waals surface area (Å²) in [6.45, 7) is 3.57. The first-order valence-corrected chi connectivity index (χ1v) is 8.92. The number of likely N-dealkylation sites (N-methyl/N-ethyl adjacent to an activating group) is 1. The van der Waals surface area contributed by atoms with E-state index in [0.29, 0.717) is 19.6 Å². The summed E-state index contributed by atoms with van der Waals surface area (Å²) in [4.78, 5) is 34.6. The van der Waals surface area contributed by atoms with E-state index in [-0.39, 0.29) is 24.4 Å². The van der Waals surface area contributed by atoms with Crippen molar-refractivity contribution in [3.63, 3.8) is 0 Å². The van der Waals surface area contributed by atoms with Crippen molar-refractivity contribution in [1.29, 1.82) is 0 Å². The lowest BCUT2D eigenvalue weighted by Crippen LogP contribution is -2.66. The van der Waals surface area contributed by atoms with Crippen LogP contribution in [0.1, 0.15) is 11.4 Å². The van der Waals surface area contributed by atoms with Gasteiger partial charge in [0.25, 0.3) is 0 Å². The number of nitrogens with zero attached hydrogens (tertiary/aromatic N) is 5. The summed E-state index contributed by atoms with van der Waals surface area (Å²) in [6, 6.07) is 9.92. The Bertz CT molecular complexity index is 803. The van der Waals surface area contributed by atoms with Crippen molar-refractivity contribution in [3.05, 3.63) is 54.1 Å². The molecule has 0 aliphatic carbocycles. The predicted molar refractivity (Wildman–Crippen MR) is 96.2 cm³/mol. The molecule has 2 aromatic rings. The molecule has 2 fully saturated rings. The summed E-state index contributed by atoms with van der Waals surface area (Å²) >= 11 is 0. The summed E-state index contributed by atoms with van der Waals surface area (Å²) in [5.41, 5.74) is 1.23. The molecule has 0 radical (unpaired) electrons. The predicted octanol–water partition coefficient (Wildman–Crippen LogP) is 0.416. The lowest BCUT2D eigenvalue weighted by molar-refractivity contribution is -0.158. The van der Waals surface area contributed by atoms with Gasteiger partial charge >= 0.3 is 0 Å². The Kier molecular flexibility index (Phi) is 4.46. The fourth-order valence-electron chi connectivity index (χ4n) is 3.73. The standard InChI is InChI=1S/C19H23N5O2/c1-21-14-18(25)24-10-9-22(12-16(24)19(21)26)13-17-20-7-8-23(17)11-15-5-3-2-4-6-15/h2-8,16H,9-14H2,1H3/t16-/m0/s1. The van der Waals surface area contributed by atoms with Crippen LogP contribution in [-0.4, -0.2) is 75.3 Å². The molecule has 2 saturated heterocycles. The van der Waals surface area contributed by atoms with E-state index >= 15 is 0 Å². The SMILES string of the molecule is CN1CC(=O)N2CCN(Cc3nccn3Cc3ccccc3)C[C@H]2C1=O. The van der Waals surface area contributed by atoms with Crippen molar-refractivity contribution in [3.8, 4) is 0 Å². The number of carbonyl (C=O) groups excluding carboxylic acids is 2. The smallest absolute Gasteiger partial charge is 0.246 e. The van der Waals surface area contributed by atoms with Gasteiger partial charge in [-0.3, -0.25) is 14.5 Å². The molecule has 2 amide bonds. The third-order valence-corrected chi connectivity index (χ3v) is 5.18. The van der Waals surface area contributed by atoms with Crippen LogP contribution in [0.2, 0.25) is 0 Å². The van der Waals surface area contributed by atoms with Gasteiger partial charge in [0.1, 0.15) is 11.9 Å². The molecule has 1 aromatic heterocycles. The largest absolute Gasteiger partial charge is 0.335 e. The first-order valence-electron chi connectivity index (χ1n) is 8.92. The molecule has 0 N–H and O–H groups in total. The minimum Gasteiger partial charge on any atom is -0.335 e. The summed E-state index contributed by atoms with van der Waals surface area (Å²) in [5.74, 6) is 1.05. The topological polar surface area (TPSA) is 61.7 Å². The quantitative estimate of drug-likeness (QED) is 0.799. The number of hydrogen-bond acceptors (Lipinski definition) is 4. The Hall–Kier alpha value is -2.67. The molecule has 2 aliphatic heterocycles. The van der Waals surface area contributed by atoms with Crippen molar-refractivity contribution in [1.82, 2.24) is 24.3 Å². The van der Waals surface area contributed by atoms with Gasteiger partial charge in [0.2, 0.25) is 11.8 Å². The van der Waals surface area contributed by atoms with Crippen LogP contribution >= 0.6 is 0 Å². The maximum atomic E-state index is 12.4. The number of rotatable bonds is 4. The molecule has 2 aliphatic rings. The first kappa shape index (κ1) is 16.8. The molecule has 7 nitrogen and oxygen atoms in total. The van der Waals surface area contributed by atoms with Gasteiger partial charge in [-0.15, -0.1) is 0 Å². The van der Waals surface area contributed by atoms with Crippen LogP contribution in [0.3, 0.4) is 0 Å². The summed E-state index contributed by atoms with van der Waals surface area (Å²) < 4.78 is 2.14. The lowest BCUT2D eigenvalue weighted by Gasteiger charge is -2.45. The van der Waals surface area contributed by atoms with E-state index < -0.39 is 0 Å². The highest BCUT2D eigenvalue weighted by Crippen LogP contribution is 2.18. The third-order valence-electron chi connectivity index (χ3n) is 5.18. The van der Waals surface area contributed by atoms with Crippen LogP contribution in [0.4, 0.5) is 0 Å². The number of benzene rings is 1. The zero-order chi connectivity index (χ0) is 18.1. The minimum absolute atomic E-state index is 0.0296. The first-order chi connectivity index (χ1) is 12.6. The average Bonchev–Trinajstić information content (AvgIpc) is 3.07. The van der Waals surface area contributed by atoms with Crippen molar-refractivity contribution < 1.29 is 9.59 Å². The summed E-state index contributed by atoms with van der Waals surface area (Å²) in [5, 5.41) is 0. The van der Waals surface area contributed by atoms with Gasteiger partial charge in [0.05, 0.1) is 13.1 Å². The molecule has 0 unspecified atom stereocenters. The zero-order valence-electron chi connectivity index (χ0n) is 14.9. The molecule has 0 bridgehead atoms. The molecule has 136 valence electrons. The zero-order valence-corrected chi connectivity index (χ0v) is 14.9. The Morgan fingerprint density at radius 3 is 2.73 bits per heavy atom. The number of amides is 2. The lowest BCUT2D eigenvalue weighted by atomic mass is 10.1. The number of imidazole rings is 1. The highest BCUT2D eigenvalue weighted by molar-refractivity contribution is 5.95. The van der Waals surface area contributed by atoms with E-state index in [2.05, 4.69) is 26.6 Å². The summed E-state index contributed by atoms with van der Waals surface area (Å²) in [7, 11) is 1.70. The van der Waals surface area contributed by atoms with Crippen LogP contribution in [0.5, 0.6) is 0 Å². The molecule has 1 aromatic carbocycles. The Balaban J connectivity index is 1.45. The van der Waals surface area contributed by atoms with Crippen LogP contribution in [0.25, 0.3) is 0 Å². The molecule has 0 spiro atoms. The van der Waals surface area contributed by atoms with E-state index in [0.717, 1.165) is 18.9 Å². The highest BCUT2D eigenvalue weighted by Gasteiger charge is 2.41. The fraction of sp³-hybridized carbons (Fsp3) is 0.421. The van der Waals surface area contributed by atoms with Crippen molar-refractivity contribution in [2.75, 3.05) is 33.2 Å². The van der Waals surface area contributed by atoms with E-state index in [1.54, 1.807) is 11.9 Å². The van der Waals surface area contributed by atoms with E-state index in [1.807, 2.05) is 30.6 Å². The number of fused-ring (bicyclic) bond motifs is 1. The van der Waals surface area contributed by atoms with Crippen LogP contribution in [-0.2, 0) is 22.7 Å². The molecule has 4 rings (SSSR count). The van der Waals surface area contributed by atoms with Gasteiger partial charge in [0, 0.05) is 45.6 Å². The Labute approximate surface area is 152 Å². The number of piperazine rings is 2. The molecule has 7 heteroatoms. The Morgan fingerprint density at radius 2 is 1.92 bits per heavy atom. The molecule has 1 atom stereocenters. The van der Waals surface area contributed by atoms with Crippen LogP contribution in [0.15, 0.2) is 42.7 Å². The van der Waals surface area contributed by atoms with Crippen molar-refractivity contribution >= 4 is 11.8 Å². The fourth-order valence-corrected chi connectivity index (χ4v) is 3.73. The van der Waals surface area contributed by atoms with E-state index in [4.69, 9.17) is 0 Å². The number of aromatic nitrogens is 2. The number of carbonyl (C=O) groups is 2. The third kappa shape index (κ3) is 3.22. The van der Waals surface area contributed by atoms with E-state index in [9.17, 15) is 9.59 Å². The minimum atomic E-state index is -0.368. The molecular formula is C19H23N5O2. The molecule has 0 saturated carbocycles. The van der Waals surface area contributed by atoms with Gasteiger partial charge in [-0.05, 0) is 5.56 Å². The monoisotopic (exact) mass is 353 g/mol. The number of hydrogen-bond donors (Lipinski definition) is 0. The molecule has 3 heterocycles. The average molecular weight is 353 g/mol. The van der Waals surface area contributed by atoms with Gasteiger partial charge in [-0.25, -0.2) is 4.98 Å². The normalized spacial score (nSPS) is 21.2. The molecular weight excluding hydrogens is 330 g/mol. The highest BCUT2D eigenvalue weighted by atomic mass is 16.2. The van der Waals surface area contributed by atoms with Gasteiger partial charge in [-0.2, -0.15) is 0 Å². The maximum Gasteiger partial charge on any atom is 0.246 e. The second-order valence-electron chi connectivity index (χ2n) is 6.99. The second-order valence-corrected chi connectivity index (χ2v) is 6.99. The molecule has 26 heavy (non-hydrogen) atoms. The Morgan fingerprint density at radius 1 is 1.12 bits per heavy atom. The van der Waals surface area contributed by atoms with Gasteiger partial charge in [0.15, 0.2) is 0 Å². The maximum absolute atomic E-state index is 12.4. The van der Waals surface area contributed by atoms with Crippen LogP contribution < -0.4 is 0 Å². The van der Waals surface area contributed by atoms with Crippen LogP contribution in [0, 0.1) is 0 Å². The summed E-state index contributed by atoms with van der Waals surface area (Å²) in [6.07, 6.45) is 3.80. The van der Waals surface area contributed by atoms with E-state index in [1.165, 1.54) is 10.5 Å². The van der Waals surface area contributed by atoms with Gasteiger partial charge in [-0.1, -0.05) is 30.3 Å². The second kappa shape index (κ2) is 6.92. The van der Waals surface area contributed by atoms with Gasteiger partial charge < -0.3 is 14.4 Å². The van der Waals surface area contributed by atoms with Crippen molar-refractivity contribution in [2.45, 2.75) is 19.1 Å².